The fourth-order valence-corrected chi connectivity index (χ4v) is 3.30. The van der Waals surface area contributed by atoms with Crippen LogP contribution in [0.3, 0.4) is 0 Å². The van der Waals surface area contributed by atoms with Crippen LogP contribution in [0.5, 0.6) is 17.4 Å². The molecule has 0 radical (unpaired) electrons. The number of aromatic nitrogens is 1. The number of hydrogen-bond acceptors (Lipinski definition) is 7. The van der Waals surface area contributed by atoms with Gasteiger partial charge in [-0.05, 0) is 18.2 Å². The minimum atomic E-state index is -1.08. The molecular formula is C20H21N3O7. The molecule has 10 heteroatoms. The van der Waals surface area contributed by atoms with Gasteiger partial charge in [-0.25, -0.2) is 9.78 Å². The molecule has 0 spiro atoms. The molecule has 158 valence electrons. The van der Waals surface area contributed by atoms with Crippen LogP contribution >= 0.6 is 0 Å². The van der Waals surface area contributed by atoms with Crippen molar-refractivity contribution >= 4 is 17.7 Å². The number of nitrogens with zero attached hydrogens (tertiary/aromatic N) is 2. The lowest BCUT2D eigenvalue weighted by Gasteiger charge is -2.30. The van der Waals surface area contributed by atoms with Crippen molar-refractivity contribution in [3.8, 4) is 28.6 Å². The molecule has 2 amide bonds. The van der Waals surface area contributed by atoms with E-state index < -0.39 is 18.1 Å². The first-order chi connectivity index (χ1) is 14.5. The first-order valence-electron chi connectivity index (χ1n) is 9.40. The van der Waals surface area contributed by atoms with Gasteiger partial charge in [-0.3, -0.25) is 4.79 Å². The van der Waals surface area contributed by atoms with Gasteiger partial charge in [0.1, 0.15) is 13.2 Å². The number of carboxylic acid groups (broad SMARTS) is 1. The zero-order valence-corrected chi connectivity index (χ0v) is 16.3. The highest BCUT2D eigenvalue weighted by molar-refractivity contribution is 5.95. The number of pyridine rings is 1. The Labute approximate surface area is 172 Å². The number of methoxy groups -OCH3 is 1. The van der Waals surface area contributed by atoms with Crippen LogP contribution in [0.25, 0.3) is 11.3 Å². The maximum atomic E-state index is 12.7. The van der Waals surface area contributed by atoms with Crippen LogP contribution in [0, 0.1) is 0 Å². The smallest absolute Gasteiger partial charge is 0.407 e. The van der Waals surface area contributed by atoms with Gasteiger partial charge in [-0.15, -0.1) is 0 Å². The van der Waals surface area contributed by atoms with E-state index in [4.69, 9.17) is 24.1 Å². The van der Waals surface area contributed by atoms with Gasteiger partial charge in [-0.2, -0.15) is 0 Å². The normalized spacial score (nSPS) is 17.9. The van der Waals surface area contributed by atoms with Crippen LogP contribution in [0.2, 0.25) is 0 Å². The summed E-state index contributed by atoms with van der Waals surface area (Å²) in [6.45, 7) is 1.25. The third-order valence-corrected chi connectivity index (χ3v) is 4.75. The van der Waals surface area contributed by atoms with Gasteiger partial charge < -0.3 is 34.3 Å². The Kier molecular flexibility index (Phi) is 5.57. The summed E-state index contributed by atoms with van der Waals surface area (Å²) in [7, 11) is 1.48. The molecule has 2 aromatic rings. The molecule has 2 aliphatic heterocycles. The molecule has 30 heavy (non-hydrogen) atoms. The van der Waals surface area contributed by atoms with E-state index in [0.717, 1.165) is 4.90 Å². The average molecular weight is 415 g/mol. The number of hydrogen-bond donors (Lipinski definition) is 2. The molecule has 0 unspecified atom stereocenters. The van der Waals surface area contributed by atoms with Crippen molar-refractivity contribution in [3.05, 3.63) is 30.3 Å². The number of morpholine rings is 1. The van der Waals surface area contributed by atoms with E-state index in [1.165, 1.54) is 7.11 Å². The van der Waals surface area contributed by atoms with Crippen LogP contribution in [0.1, 0.15) is 0 Å². The van der Waals surface area contributed by atoms with Crippen LogP contribution in [-0.2, 0) is 9.53 Å². The number of benzene rings is 1. The Balaban J connectivity index is 1.59. The predicted molar refractivity (Wildman–Crippen MR) is 105 cm³/mol. The standard InChI is InChI=1S/C20H21N3O7/c1-27-17-10-12(21-19(24)16-11-23(20(25)26)5-6-28-16)9-14(22-17)13-3-2-4-15-18(13)30-8-7-29-15/h2-4,9-10,16H,5-8,11H2,1H3,(H,25,26)(H,21,22,24)/t16-/m1/s1. The fourth-order valence-electron chi connectivity index (χ4n) is 3.30. The second-order valence-corrected chi connectivity index (χ2v) is 6.69. The summed E-state index contributed by atoms with van der Waals surface area (Å²) < 4.78 is 22.1. The second kappa shape index (κ2) is 8.46. The topological polar surface area (TPSA) is 119 Å². The third-order valence-electron chi connectivity index (χ3n) is 4.75. The largest absolute Gasteiger partial charge is 0.486 e. The summed E-state index contributed by atoms with van der Waals surface area (Å²) >= 11 is 0. The maximum absolute atomic E-state index is 12.7. The summed E-state index contributed by atoms with van der Waals surface area (Å²) in [6.07, 6.45) is -1.99. The molecule has 0 saturated carbocycles. The number of carbonyl (C=O) groups is 2. The van der Waals surface area contributed by atoms with Crippen molar-refractivity contribution in [2.75, 3.05) is 45.3 Å². The Morgan fingerprint density at radius 1 is 1.23 bits per heavy atom. The molecule has 10 nitrogen and oxygen atoms in total. The van der Waals surface area contributed by atoms with E-state index in [1.807, 2.05) is 18.2 Å². The highest BCUT2D eigenvalue weighted by atomic mass is 16.6. The molecule has 1 fully saturated rings. The monoisotopic (exact) mass is 415 g/mol. The number of ether oxygens (including phenoxy) is 4. The third kappa shape index (κ3) is 4.08. The summed E-state index contributed by atoms with van der Waals surface area (Å²) in [5.74, 6) is 1.05. The van der Waals surface area contributed by atoms with Crippen LogP contribution in [0.4, 0.5) is 10.5 Å². The highest BCUT2D eigenvalue weighted by Gasteiger charge is 2.29. The van der Waals surface area contributed by atoms with Crippen molar-refractivity contribution in [2.45, 2.75) is 6.10 Å². The number of fused-ring (bicyclic) bond motifs is 1. The van der Waals surface area contributed by atoms with Crippen LogP contribution in [0.15, 0.2) is 30.3 Å². The number of amides is 2. The predicted octanol–water partition coefficient (Wildman–Crippen LogP) is 1.85. The number of para-hydroxylation sites is 1. The van der Waals surface area contributed by atoms with Gasteiger partial charge in [0.2, 0.25) is 5.88 Å². The van der Waals surface area contributed by atoms with Gasteiger partial charge >= 0.3 is 6.09 Å². The maximum Gasteiger partial charge on any atom is 0.407 e. The summed E-state index contributed by atoms with van der Waals surface area (Å²) in [5, 5.41) is 11.9. The van der Waals surface area contributed by atoms with Gasteiger partial charge in [0.05, 0.1) is 26.0 Å². The molecule has 0 bridgehead atoms. The van der Waals surface area contributed by atoms with Gasteiger partial charge in [0.15, 0.2) is 17.6 Å². The number of nitrogens with one attached hydrogen (secondary N) is 1. The average Bonchev–Trinajstić information content (AvgIpc) is 2.78. The van der Waals surface area contributed by atoms with Crippen molar-refractivity contribution in [3.63, 3.8) is 0 Å². The molecule has 1 atom stereocenters. The van der Waals surface area contributed by atoms with Crippen molar-refractivity contribution in [1.29, 1.82) is 0 Å². The Hall–Kier alpha value is -3.53. The number of anilines is 1. The zero-order chi connectivity index (χ0) is 21.1. The van der Waals surface area contributed by atoms with E-state index in [9.17, 15) is 9.59 Å². The molecule has 1 saturated heterocycles. The molecule has 3 heterocycles. The summed E-state index contributed by atoms with van der Waals surface area (Å²) in [4.78, 5) is 29.4. The Bertz CT molecular complexity index is 965. The molecule has 0 aliphatic carbocycles. The Morgan fingerprint density at radius 3 is 2.87 bits per heavy atom. The lowest BCUT2D eigenvalue weighted by atomic mass is 10.1. The van der Waals surface area contributed by atoms with Gasteiger partial charge in [-0.1, -0.05) is 6.07 Å². The lowest BCUT2D eigenvalue weighted by molar-refractivity contribution is -0.131. The molecule has 4 rings (SSSR count). The highest BCUT2D eigenvalue weighted by Crippen LogP contribution is 2.40. The number of carbonyl (C=O) groups excluding carboxylic acids is 1. The lowest BCUT2D eigenvalue weighted by Crippen LogP contribution is -2.49. The van der Waals surface area contributed by atoms with Crippen molar-refractivity contribution in [1.82, 2.24) is 9.88 Å². The second-order valence-electron chi connectivity index (χ2n) is 6.69. The van der Waals surface area contributed by atoms with Crippen molar-refractivity contribution in [2.24, 2.45) is 0 Å². The SMILES string of the molecule is COc1cc(NC(=O)[C@H]2CN(C(=O)O)CCO2)cc(-c2cccc3c2OCCO3)n1. The Morgan fingerprint density at radius 2 is 2.07 bits per heavy atom. The fraction of sp³-hybridized carbons (Fsp3) is 0.350. The van der Waals surface area contributed by atoms with E-state index in [-0.39, 0.29) is 19.7 Å². The first-order valence-corrected chi connectivity index (χ1v) is 9.40. The van der Waals surface area contributed by atoms with E-state index >= 15 is 0 Å². The van der Waals surface area contributed by atoms with E-state index in [1.54, 1.807) is 12.1 Å². The summed E-state index contributed by atoms with van der Waals surface area (Å²) in [6, 6.07) is 8.75. The molecule has 2 N–H and O–H groups in total. The summed E-state index contributed by atoms with van der Waals surface area (Å²) in [5.41, 5.74) is 1.67. The molecular weight excluding hydrogens is 394 g/mol. The van der Waals surface area contributed by atoms with Crippen molar-refractivity contribution < 1.29 is 33.6 Å². The van der Waals surface area contributed by atoms with Gasteiger partial charge in [0.25, 0.3) is 5.91 Å². The van der Waals surface area contributed by atoms with Crippen LogP contribution in [-0.4, -0.2) is 73.1 Å². The zero-order valence-electron chi connectivity index (χ0n) is 16.3. The van der Waals surface area contributed by atoms with Gasteiger partial charge in [0, 0.05) is 23.9 Å². The molecule has 1 aromatic heterocycles. The van der Waals surface area contributed by atoms with Crippen LogP contribution < -0.4 is 19.5 Å². The number of rotatable bonds is 4. The minimum absolute atomic E-state index is 0.0341. The minimum Gasteiger partial charge on any atom is -0.486 e. The van der Waals surface area contributed by atoms with E-state index in [2.05, 4.69) is 10.3 Å². The molecule has 2 aliphatic rings. The van der Waals surface area contributed by atoms with E-state index in [0.29, 0.717) is 47.5 Å². The quantitative estimate of drug-likeness (QED) is 0.776. The first kappa shape index (κ1) is 19.8. The molecule has 1 aromatic carbocycles.